The summed E-state index contributed by atoms with van der Waals surface area (Å²) < 4.78 is 31.7. The molecule has 1 aliphatic heterocycles. The molecule has 2 aromatic carbocycles. The van der Waals surface area contributed by atoms with Crippen molar-refractivity contribution >= 4 is 39.2 Å². The largest absolute Gasteiger partial charge is 0.452 e. The predicted octanol–water partition coefficient (Wildman–Crippen LogP) is 3.23. The molecule has 29 heavy (non-hydrogen) atoms. The number of benzene rings is 2. The second kappa shape index (κ2) is 8.94. The average Bonchev–Trinajstić information content (AvgIpc) is 3.24. The zero-order valence-corrected chi connectivity index (χ0v) is 17.4. The molecular weight excluding hydrogens is 416 g/mol. The third kappa shape index (κ3) is 5.14. The van der Waals surface area contributed by atoms with Crippen LogP contribution < -0.4 is 5.32 Å². The summed E-state index contributed by atoms with van der Waals surface area (Å²) in [5.41, 5.74) is 1.42. The number of aryl methyl sites for hydroxylation is 1. The van der Waals surface area contributed by atoms with Gasteiger partial charge in [0.25, 0.3) is 5.91 Å². The SMILES string of the molecule is Cc1ccc(NC(=O)COC(=O)c2cccc(S(=O)(=O)N3CCCC3)c2)c(Cl)c1. The average molecular weight is 437 g/mol. The molecule has 1 amide bonds. The number of anilines is 1. The smallest absolute Gasteiger partial charge is 0.338 e. The van der Waals surface area contributed by atoms with Crippen molar-refractivity contribution in [1.29, 1.82) is 0 Å². The summed E-state index contributed by atoms with van der Waals surface area (Å²) in [6, 6.07) is 10.8. The van der Waals surface area contributed by atoms with Crippen molar-refractivity contribution in [1.82, 2.24) is 4.31 Å². The van der Waals surface area contributed by atoms with Crippen molar-refractivity contribution in [3.63, 3.8) is 0 Å². The highest BCUT2D eigenvalue weighted by molar-refractivity contribution is 7.89. The van der Waals surface area contributed by atoms with E-state index in [2.05, 4.69) is 5.32 Å². The number of esters is 1. The maximum atomic E-state index is 12.6. The third-order valence-electron chi connectivity index (χ3n) is 4.51. The summed E-state index contributed by atoms with van der Waals surface area (Å²) in [5.74, 6) is -1.33. The topological polar surface area (TPSA) is 92.8 Å². The van der Waals surface area contributed by atoms with E-state index in [0.29, 0.717) is 23.8 Å². The zero-order chi connectivity index (χ0) is 21.0. The summed E-state index contributed by atoms with van der Waals surface area (Å²) in [5, 5.41) is 2.95. The molecule has 154 valence electrons. The standard InChI is InChI=1S/C20H21ClN2O5S/c1-14-7-8-18(17(21)11-14)22-19(24)13-28-20(25)15-5-4-6-16(12-15)29(26,27)23-9-2-3-10-23/h4-8,11-12H,2-3,9-10,13H2,1H3,(H,22,24). The van der Waals surface area contributed by atoms with E-state index < -0.39 is 28.5 Å². The number of carbonyl (C=O) groups excluding carboxylic acids is 2. The fourth-order valence-electron chi connectivity index (χ4n) is 2.98. The molecule has 1 fully saturated rings. The Bertz CT molecular complexity index is 1030. The van der Waals surface area contributed by atoms with Gasteiger partial charge in [-0.1, -0.05) is 23.7 Å². The molecule has 7 nitrogen and oxygen atoms in total. The normalized spacial score (nSPS) is 14.6. The van der Waals surface area contributed by atoms with Crippen LogP contribution in [0.15, 0.2) is 47.4 Å². The van der Waals surface area contributed by atoms with Crippen molar-refractivity contribution in [2.75, 3.05) is 25.0 Å². The second-order valence-electron chi connectivity index (χ2n) is 6.75. The van der Waals surface area contributed by atoms with E-state index >= 15 is 0 Å². The lowest BCUT2D eigenvalue weighted by atomic mass is 10.2. The number of nitrogens with zero attached hydrogens (tertiary/aromatic N) is 1. The van der Waals surface area contributed by atoms with E-state index in [1.54, 1.807) is 18.2 Å². The van der Waals surface area contributed by atoms with Crippen molar-refractivity contribution < 1.29 is 22.7 Å². The first-order valence-corrected chi connectivity index (χ1v) is 10.9. The molecule has 0 aromatic heterocycles. The number of halogens is 1. The van der Waals surface area contributed by atoms with Crippen molar-refractivity contribution in [3.05, 3.63) is 58.6 Å². The number of hydrogen-bond acceptors (Lipinski definition) is 5. The summed E-state index contributed by atoms with van der Waals surface area (Å²) in [7, 11) is -3.64. The third-order valence-corrected chi connectivity index (χ3v) is 6.71. The van der Waals surface area contributed by atoms with Crippen molar-refractivity contribution in [2.24, 2.45) is 0 Å². The van der Waals surface area contributed by atoms with Crippen LogP contribution in [0, 0.1) is 6.92 Å². The van der Waals surface area contributed by atoms with E-state index in [9.17, 15) is 18.0 Å². The molecule has 0 aliphatic carbocycles. The lowest BCUT2D eigenvalue weighted by molar-refractivity contribution is -0.119. The Morgan fingerprint density at radius 1 is 1.14 bits per heavy atom. The highest BCUT2D eigenvalue weighted by Gasteiger charge is 2.27. The molecule has 0 bridgehead atoms. The maximum absolute atomic E-state index is 12.6. The van der Waals surface area contributed by atoms with Crippen LogP contribution in [0.25, 0.3) is 0 Å². The Hall–Kier alpha value is -2.42. The van der Waals surface area contributed by atoms with Gasteiger partial charge >= 0.3 is 5.97 Å². The van der Waals surface area contributed by atoms with Gasteiger partial charge in [0.05, 0.1) is 21.2 Å². The quantitative estimate of drug-likeness (QED) is 0.702. The van der Waals surface area contributed by atoms with Gasteiger partial charge in [0.1, 0.15) is 0 Å². The number of rotatable bonds is 6. The van der Waals surface area contributed by atoms with Crippen LogP contribution in [-0.4, -0.2) is 44.3 Å². The number of ether oxygens (including phenoxy) is 1. The minimum Gasteiger partial charge on any atom is -0.452 e. The second-order valence-corrected chi connectivity index (χ2v) is 9.09. The number of amides is 1. The Kier molecular flexibility index (Phi) is 6.56. The Morgan fingerprint density at radius 3 is 2.55 bits per heavy atom. The van der Waals surface area contributed by atoms with E-state index in [1.807, 2.05) is 6.92 Å². The minimum atomic E-state index is -3.64. The molecule has 0 saturated carbocycles. The first kappa shape index (κ1) is 21.3. The maximum Gasteiger partial charge on any atom is 0.338 e. The van der Waals surface area contributed by atoms with Gasteiger partial charge < -0.3 is 10.1 Å². The van der Waals surface area contributed by atoms with Crippen molar-refractivity contribution in [2.45, 2.75) is 24.7 Å². The van der Waals surface area contributed by atoms with Gasteiger partial charge in [0, 0.05) is 13.1 Å². The first-order valence-electron chi connectivity index (χ1n) is 9.11. The van der Waals surface area contributed by atoms with Crippen LogP contribution in [0.2, 0.25) is 5.02 Å². The lowest BCUT2D eigenvalue weighted by Gasteiger charge is -2.15. The zero-order valence-electron chi connectivity index (χ0n) is 15.9. The van der Waals surface area contributed by atoms with Crippen LogP contribution in [0.1, 0.15) is 28.8 Å². The Morgan fingerprint density at radius 2 is 1.86 bits per heavy atom. The monoisotopic (exact) mass is 436 g/mol. The van der Waals surface area contributed by atoms with Crippen LogP contribution in [0.5, 0.6) is 0 Å². The van der Waals surface area contributed by atoms with E-state index in [4.69, 9.17) is 16.3 Å². The summed E-state index contributed by atoms with van der Waals surface area (Å²) in [4.78, 5) is 24.3. The van der Waals surface area contributed by atoms with Crippen LogP contribution >= 0.6 is 11.6 Å². The van der Waals surface area contributed by atoms with Gasteiger partial charge in [0.15, 0.2) is 6.61 Å². The molecule has 0 atom stereocenters. The molecule has 1 saturated heterocycles. The molecule has 3 rings (SSSR count). The van der Waals surface area contributed by atoms with E-state index in [0.717, 1.165) is 18.4 Å². The molecule has 1 aliphatic rings. The summed E-state index contributed by atoms with van der Waals surface area (Å²) in [6.45, 7) is 2.29. The van der Waals surface area contributed by atoms with Crippen molar-refractivity contribution in [3.8, 4) is 0 Å². The lowest BCUT2D eigenvalue weighted by Crippen LogP contribution is -2.28. The molecule has 1 heterocycles. The fraction of sp³-hybridized carbons (Fsp3) is 0.300. The van der Waals surface area contributed by atoms with Gasteiger partial charge in [-0.05, 0) is 55.7 Å². The predicted molar refractivity (Wildman–Crippen MR) is 110 cm³/mol. The number of carbonyl (C=O) groups is 2. The molecule has 2 aromatic rings. The highest BCUT2D eigenvalue weighted by atomic mass is 35.5. The Balaban J connectivity index is 1.63. The summed E-state index contributed by atoms with van der Waals surface area (Å²) in [6.07, 6.45) is 1.64. The number of nitrogens with one attached hydrogen (secondary N) is 1. The molecular formula is C20H21ClN2O5S. The van der Waals surface area contributed by atoms with Crippen LogP contribution in [0.4, 0.5) is 5.69 Å². The van der Waals surface area contributed by atoms with Gasteiger partial charge in [-0.15, -0.1) is 0 Å². The summed E-state index contributed by atoms with van der Waals surface area (Å²) >= 11 is 6.06. The van der Waals surface area contributed by atoms with E-state index in [1.165, 1.54) is 28.6 Å². The van der Waals surface area contributed by atoms with Crippen LogP contribution in [0.3, 0.4) is 0 Å². The minimum absolute atomic E-state index is 0.0322. The van der Waals surface area contributed by atoms with Gasteiger partial charge in [0.2, 0.25) is 10.0 Å². The van der Waals surface area contributed by atoms with Crippen LogP contribution in [-0.2, 0) is 19.6 Å². The molecule has 9 heteroatoms. The first-order chi connectivity index (χ1) is 13.8. The Labute approximate surface area is 174 Å². The van der Waals surface area contributed by atoms with Gasteiger partial charge in [-0.3, -0.25) is 4.79 Å². The molecule has 0 radical (unpaired) electrons. The fourth-order valence-corrected chi connectivity index (χ4v) is 4.83. The number of sulfonamides is 1. The molecule has 0 unspecified atom stereocenters. The molecule has 1 N–H and O–H groups in total. The molecule has 0 spiro atoms. The number of hydrogen-bond donors (Lipinski definition) is 1. The van der Waals surface area contributed by atoms with E-state index in [-0.39, 0.29) is 10.5 Å². The van der Waals surface area contributed by atoms with Gasteiger partial charge in [-0.2, -0.15) is 4.31 Å². The highest BCUT2D eigenvalue weighted by Crippen LogP contribution is 2.23. The van der Waals surface area contributed by atoms with Gasteiger partial charge in [-0.25, -0.2) is 13.2 Å².